The summed E-state index contributed by atoms with van der Waals surface area (Å²) in [5.74, 6) is 0.405. The van der Waals surface area contributed by atoms with Crippen molar-refractivity contribution in [2.45, 2.75) is 6.29 Å². The Morgan fingerprint density at radius 3 is 2.13 bits per heavy atom. The summed E-state index contributed by atoms with van der Waals surface area (Å²) in [7, 11) is 0. The van der Waals surface area contributed by atoms with Crippen LogP contribution < -0.4 is 14.9 Å². The number of carbonyl (C=O) groups excluding carboxylic acids is 1. The number of benzene rings is 3. The van der Waals surface area contributed by atoms with Crippen LogP contribution in [0.1, 0.15) is 5.56 Å². The lowest BCUT2D eigenvalue weighted by molar-refractivity contribution is -0.140. The molecule has 0 saturated heterocycles. The van der Waals surface area contributed by atoms with E-state index in [1.807, 2.05) is 42.5 Å². The van der Waals surface area contributed by atoms with E-state index in [1.54, 1.807) is 48.5 Å². The second-order valence-electron chi connectivity index (χ2n) is 6.49. The highest BCUT2D eigenvalue weighted by molar-refractivity contribution is 6.32. The maximum atomic E-state index is 12.7. The molecule has 31 heavy (non-hydrogen) atoms. The topological polar surface area (TPSA) is 72.8 Å². The molecule has 0 spiro atoms. The number of hydrazone groups is 1. The predicted molar refractivity (Wildman–Crippen MR) is 120 cm³/mol. The number of para-hydroxylation sites is 3. The number of carbonyl (C=O) groups is 1. The van der Waals surface area contributed by atoms with Crippen molar-refractivity contribution in [3.05, 3.63) is 102 Å². The van der Waals surface area contributed by atoms with Crippen LogP contribution in [0.2, 0.25) is 5.15 Å². The van der Waals surface area contributed by atoms with Gasteiger partial charge in [-0.2, -0.15) is 5.10 Å². The molecule has 0 atom stereocenters. The van der Waals surface area contributed by atoms with Gasteiger partial charge in [-0.1, -0.05) is 66.2 Å². The van der Waals surface area contributed by atoms with Gasteiger partial charge in [0.1, 0.15) is 16.7 Å². The fourth-order valence-corrected chi connectivity index (χ4v) is 2.99. The van der Waals surface area contributed by atoms with E-state index in [4.69, 9.17) is 21.1 Å². The molecule has 1 aromatic heterocycles. The average Bonchev–Trinajstić information content (AvgIpc) is 2.80. The molecule has 1 amide bonds. The summed E-state index contributed by atoms with van der Waals surface area (Å²) in [5.41, 5.74) is 3.79. The van der Waals surface area contributed by atoms with E-state index in [-0.39, 0.29) is 5.15 Å². The van der Waals surface area contributed by atoms with Crippen LogP contribution in [-0.4, -0.2) is 23.4 Å². The molecular weight excluding hydrogens is 414 g/mol. The maximum Gasteiger partial charge on any atom is 0.323 e. The van der Waals surface area contributed by atoms with Gasteiger partial charge in [0.15, 0.2) is 0 Å². The van der Waals surface area contributed by atoms with Crippen LogP contribution >= 0.6 is 11.6 Å². The molecule has 4 rings (SSSR count). The van der Waals surface area contributed by atoms with E-state index in [0.29, 0.717) is 17.1 Å². The van der Waals surface area contributed by atoms with Gasteiger partial charge in [-0.3, -0.25) is 4.79 Å². The molecular formula is C24H18ClN3O3. The molecule has 0 unspecified atom stereocenters. The Kier molecular flexibility index (Phi) is 6.40. The molecule has 0 bridgehead atoms. The van der Waals surface area contributed by atoms with Crippen molar-refractivity contribution in [3.8, 4) is 11.5 Å². The van der Waals surface area contributed by atoms with Gasteiger partial charge in [-0.05, 0) is 36.4 Å². The fraction of sp³-hybridized carbons (Fsp3) is 0.0417. The van der Waals surface area contributed by atoms with E-state index in [1.165, 1.54) is 6.21 Å². The molecule has 1 heterocycles. The molecule has 4 aromatic rings. The highest BCUT2D eigenvalue weighted by Gasteiger charge is 2.22. The minimum absolute atomic E-state index is 0.286. The number of hydrogen-bond acceptors (Lipinski definition) is 5. The first-order valence-corrected chi connectivity index (χ1v) is 9.88. The highest BCUT2D eigenvalue weighted by atomic mass is 35.5. The zero-order valence-electron chi connectivity index (χ0n) is 16.3. The number of fused-ring (bicyclic) bond motifs is 1. The van der Waals surface area contributed by atoms with Crippen molar-refractivity contribution in [2.24, 2.45) is 5.10 Å². The number of ether oxygens (including phenoxy) is 2. The Balaban J connectivity index is 1.49. The van der Waals surface area contributed by atoms with E-state index >= 15 is 0 Å². The Bertz CT molecular complexity index is 1160. The van der Waals surface area contributed by atoms with Gasteiger partial charge in [0.25, 0.3) is 0 Å². The van der Waals surface area contributed by atoms with E-state index in [2.05, 4.69) is 15.5 Å². The summed E-state index contributed by atoms with van der Waals surface area (Å²) in [4.78, 5) is 17.0. The summed E-state index contributed by atoms with van der Waals surface area (Å²) in [6, 6.07) is 27.3. The van der Waals surface area contributed by atoms with Crippen molar-refractivity contribution in [3.63, 3.8) is 0 Å². The number of amides is 1. The number of aromatic nitrogens is 1. The van der Waals surface area contributed by atoms with Gasteiger partial charge in [-0.25, -0.2) is 10.4 Å². The van der Waals surface area contributed by atoms with E-state index in [0.717, 1.165) is 10.9 Å². The Hall–Kier alpha value is -3.90. The van der Waals surface area contributed by atoms with Gasteiger partial charge in [0.05, 0.1) is 11.7 Å². The molecule has 0 saturated carbocycles. The molecule has 1 N–H and O–H groups in total. The summed E-state index contributed by atoms with van der Waals surface area (Å²) in [6.07, 6.45) is 0.189. The predicted octanol–water partition coefficient (Wildman–Crippen LogP) is 4.82. The molecule has 154 valence electrons. The molecule has 0 aliphatic heterocycles. The monoisotopic (exact) mass is 431 g/mol. The summed E-state index contributed by atoms with van der Waals surface area (Å²) in [6.45, 7) is 0. The quantitative estimate of drug-likeness (QED) is 0.197. The van der Waals surface area contributed by atoms with Crippen LogP contribution in [0.4, 0.5) is 0 Å². The molecule has 0 fully saturated rings. The summed E-state index contributed by atoms with van der Waals surface area (Å²) < 4.78 is 11.4. The Morgan fingerprint density at radius 1 is 0.903 bits per heavy atom. The minimum atomic E-state index is -1.24. The first-order valence-electron chi connectivity index (χ1n) is 9.51. The molecule has 0 aliphatic carbocycles. The van der Waals surface area contributed by atoms with Crippen LogP contribution in [0, 0.1) is 0 Å². The molecule has 0 radical (unpaired) electrons. The van der Waals surface area contributed by atoms with E-state index < -0.39 is 12.2 Å². The Labute approximate surface area is 184 Å². The SMILES string of the molecule is O=C(N/N=C/c1cc2ccccc2nc1Cl)C(Oc1ccccc1)Oc1ccccc1. The van der Waals surface area contributed by atoms with Crippen LogP contribution in [0.3, 0.4) is 0 Å². The third-order valence-electron chi connectivity index (χ3n) is 4.27. The number of pyridine rings is 1. The average molecular weight is 432 g/mol. The molecule has 0 aliphatic rings. The third-order valence-corrected chi connectivity index (χ3v) is 4.57. The smallest absolute Gasteiger partial charge is 0.323 e. The van der Waals surface area contributed by atoms with Crippen LogP contribution in [-0.2, 0) is 4.79 Å². The highest BCUT2D eigenvalue weighted by Crippen LogP contribution is 2.19. The number of halogens is 1. The zero-order valence-corrected chi connectivity index (χ0v) is 17.1. The van der Waals surface area contributed by atoms with Crippen LogP contribution in [0.15, 0.2) is 96.1 Å². The molecule has 3 aromatic carbocycles. The summed E-state index contributed by atoms with van der Waals surface area (Å²) in [5, 5.41) is 5.20. The van der Waals surface area contributed by atoms with Gasteiger partial charge < -0.3 is 9.47 Å². The first-order chi connectivity index (χ1) is 15.2. The second kappa shape index (κ2) is 9.73. The van der Waals surface area contributed by atoms with Crippen molar-refractivity contribution >= 4 is 34.6 Å². The largest absolute Gasteiger partial charge is 0.446 e. The van der Waals surface area contributed by atoms with E-state index in [9.17, 15) is 4.79 Å². The Morgan fingerprint density at radius 2 is 1.48 bits per heavy atom. The number of nitrogens with zero attached hydrogens (tertiary/aromatic N) is 2. The third kappa shape index (κ3) is 5.38. The fourth-order valence-electron chi connectivity index (χ4n) is 2.79. The molecule has 6 nitrogen and oxygen atoms in total. The standard InChI is InChI=1S/C24H18ClN3O3/c25-22-18(15-17-9-7-8-14-21(17)27-22)16-26-28-23(29)24(30-19-10-3-1-4-11-19)31-20-12-5-2-6-13-20/h1-16,24H,(H,28,29)/b26-16+. The number of nitrogens with one attached hydrogen (secondary N) is 1. The van der Waals surface area contributed by atoms with Crippen molar-refractivity contribution < 1.29 is 14.3 Å². The minimum Gasteiger partial charge on any atom is -0.446 e. The van der Waals surface area contributed by atoms with Crippen LogP contribution in [0.25, 0.3) is 10.9 Å². The normalized spacial score (nSPS) is 11.0. The zero-order chi connectivity index (χ0) is 21.5. The first kappa shape index (κ1) is 20.4. The number of hydrogen-bond donors (Lipinski definition) is 1. The van der Waals surface area contributed by atoms with Crippen molar-refractivity contribution in [1.29, 1.82) is 0 Å². The van der Waals surface area contributed by atoms with Gasteiger partial charge in [-0.15, -0.1) is 0 Å². The number of rotatable bonds is 7. The maximum absolute atomic E-state index is 12.7. The van der Waals surface area contributed by atoms with Crippen molar-refractivity contribution in [2.75, 3.05) is 0 Å². The lowest BCUT2D eigenvalue weighted by atomic mass is 10.2. The summed E-state index contributed by atoms with van der Waals surface area (Å²) >= 11 is 6.23. The second-order valence-corrected chi connectivity index (χ2v) is 6.85. The lowest BCUT2D eigenvalue weighted by Gasteiger charge is -2.18. The van der Waals surface area contributed by atoms with Crippen molar-refractivity contribution in [1.82, 2.24) is 10.4 Å². The van der Waals surface area contributed by atoms with Gasteiger partial charge >= 0.3 is 12.2 Å². The lowest BCUT2D eigenvalue weighted by Crippen LogP contribution is -2.40. The van der Waals surface area contributed by atoms with Crippen LogP contribution in [0.5, 0.6) is 11.5 Å². The van der Waals surface area contributed by atoms with Gasteiger partial charge in [0.2, 0.25) is 0 Å². The molecule has 7 heteroatoms. The van der Waals surface area contributed by atoms with Gasteiger partial charge in [0, 0.05) is 10.9 Å².